The lowest BCUT2D eigenvalue weighted by molar-refractivity contribution is 0.163. The van der Waals surface area contributed by atoms with Crippen molar-refractivity contribution in [3.63, 3.8) is 0 Å². The Morgan fingerprint density at radius 2 is 2.07 bits per heavy atom. The van der Waals surface area contributed by atoms with Gasteiger partial charge < -0.3 is 4.74 Å². The average molecular weight is 248 g/mol. The van der Waals surface area contributed by atoms with Crippen molar-refractivity contribution in [2.45, 2.75) is 32.8 Å². The molecule has 0 radical (unpaired) electrons. The third-order valence-electron chi connectivity index (χ3n) is 2.25. The van der Waals surface area contributed by atoms with Gasteiger partial charge in [-0.1, -0.05) is 25.4 Å². The highest BCUT2D eigenvalue weighted by Gasteiger charge is 2.12. The van der Waals surface area contributed by atoms with Crippen LogP contribution in [0.3, 0.4) is 0 Å². The van der Waals surface area contributed by atoms with Crippen LogP contribution in [-0.4, -0.2) is 11.1 Å². The SMILES string of the molecule is CC(C)C(C)Oc1ncc(CCl)cc1Cl. The highest BCUT2D eigenvalue weighted by molar-refractivity contribution is 6.32. The van der Waals surface area contributed by atoms with Gasteiger partial charge in [0, 0.05) is 12.1 Å². The molecule has 0 amide bonds. The molecule has 1 rings (SSSR count). The number of alkyl halides is 1. The summed E-state index contributed by atoms with van der Waals surface area (Å²) in [6.45, 7) is 6.18. The van der Waals surface area contributed by atoms with E-state index in [1.165, 1.54) is 0 Å². The molecule has 1 aromatic rings. The van der Waals surface area contributed by atoms with Crippen molar-refractivity contribution in [1.29, 1.82) is 0 Å². The summed E-state index contributed by atoms with van der Waals surface area (Å²) in [5, 5.41) is 0.514. The lowest BCUT2D eigenvalue weighted by Crippen LogP contribution is -2.19. The fourth-order valence-corrected chi connectivity index (χ4v) is 1.32. The molecule has 84 valence electrons. The molecular weight excluding hydrogens is 233 g/mol. The zero-order valence-electron chi connectivity index (χ0n) is 9.13. The number of rotatable bonds is 4. The van der Waals surface area contributed by atoms with Gasteiger partial charge in [-0.3, -0.25) is 0 Å². The van der Waals surface area contributed by atoms with E-state index < -0.39 is 0 Å². The van der Waals surface area contributed by atoms with E-state index in [4.69, 9.17) is 27.9 Å². The van der Waals surface area contributed by atoms with Crippen LogP contribution in [0, 0.1) is 5.92 Å². The molecule has 0 aromatic carbocycles. The first-order valence-corrected chi connectivity index (χ1v) is 5.83. The van der Waals surface area contributed by atoms with E-state index in [1.54, 1.807) is 12.3 Å². The van der Waals surface area contributed by atoms with Gasteiger partial charge in [-0.05, 0) is 24.5 Å². The molecule has 0 aliphatic heterocycles. The van der Waals surface area contributed by atoms with Gasteiger partial charge in [-0.2, -0.15) is 0 Å². The van der Waals surface area contributed by atoms with Crippen LogP contribution in [0.1, 0.15) is 26.3 Å². The van der Waals surface area contributed by atoms with Gasteiger partial charge in [-0.15, -0.1) is 11.6 Å². The Hall–Kier alpha value is -0.470. The van der Waals surface area contributed by atoms with Gasteiger partial charge in [0.2, 0.25) is 5.88 Å². The molecule has 1 unspecified atom stereocenters. The predicted octanol–water partition coefficient (Wildman–Crippen LogP) is 3.90. The lowest BCUT2D eigenvalue weighted by Gasteiger charge is -2.17. The second-order valence-corrected chi connectivity index (χ2v) is 4.51. The highest BCUT2D eigenvalue weighted by atomic mass is 35.5. The van der Waals surface area contributed by atoms with Crippen LogP contribution in [0.5, 0.6) is 5.88 Å². The predicted molar refractivity (Wildman–Crippen MR) is 63.7 cm³/mol. The van der Waals surface area contributed by atoms with Crippen LogP contribution in [-0.2, 0) is 5.88 Å². The van der Waals surface area contributed by atoms with Gasteiger partial charge in [0.15, 0.2) is 0 Å². The van der Waals surface area contributed by atoms with E-state index in [0.717, 1.165) is 5.56 Å². The fourth-order valence-electron chi connectivity index (χ4n) is 0.937. The number of ether oxygens (including phenoxy) is 1. The summed E-state index contributed by atoms with van der Waals surface area (Å²) in [6.07, 6.45) is 1.78. The molecule has 0 saturated heterocycles. The number of hydrogen-bond acceptors (Lipinski definition) is 2. The van der Waals surface area contributed by atoms with E-state index in [0.29, 0.717) is 22.7 Å². The molecule has 0 saturated carbocycles. The molecule has 2 nitrogen and oxygen atoms in total. The van der Waals surface area contributed by atoms with Gasteiger partial charge in [-0.25, -0.2) is 4.98 Å². The minimum Gasteiger partial charge on any atom is -0.473 e. The monoisotopic (exact) mass is 247 g/mol. The molecule has 1 aromatic heterocycles. The summed E-state index contributed by atoms with van der Waals surface area (Å²) in [6, 6.07) is 1.78. The van der Waals surface area contributed by atoms with Crippen molar-refractivity contribution in [3.05, 3.63) is 22.8 Å². The third kappa shape index (κ3) is 3.54. The summed E-state index contributed by atoms with van der Waals surface area (Å²) < 4.78 is 5.62. The summed E-state index contributed by atoms with van der Waals surface area (Å²) in [5.41, 5.74) is 0.895. The first-order chi connectivity index (χ1) is 7.04. The van der Waals surface area contributed by atoms with Crippen LogP contribution < -0.4 is 4.74 Å². The molecule has 0 fully saturated rings. The molecule has 4 heteroatoms. The maximum atomic E-state index is 6.01. The van der Waals surface area contributed by atoms with Crippen LogP contribution in [0.15, 0.2) is 12.3 Å². The fraction of sp³-hybridized carbons (Fsp3) is 0.545. The molecule has 0 N–H and O–H groups in total. The Morgan fingerprint density at radius 3 is 2.53 bits per heavy atom. The largest absolute Gasteiger partial charge is 0.473 e. The van der Waals surface area contributed by atoms with Crippen LogP contribution >= 0.6 is 23.2 Å². The number of aromatic nitrogens is 1. The van der Waals surface area contributed by atoms with E-state index >= 15 is 0 Å². The second kappa shape index (κ2) is 5.57. The molecule has 1 heterocycles. The zero-order chi connectivity index (χ0) is 11.4. The smallest absolute Gasteiger partial charge is 0.232 e. The Labute approximate surface area is 101 Å². The molecule has 0 aliphatic carbocycles. The maximum absolute atomic E-state index is 6.01. The van der Waals surface area contributed by atoms with Crippen molar-refractivity contribution < 1.29 is 4.74 Å². The van der Waals surface area contributed by atoms with Crippen LogP contribution in [0.25, 0.3) is 0 Å². The quantitative estimate of drug-likeness (QED) is 0.754. The topological polar surface area (TPSA) is 22.1 Å². The summed E-state index contributed by atoms with van der Waals surface area (Å²) in [7, 11) is 0. The zero-order valence-corrected chi connectivity index (χ0v) is 10.6. The summed E-state index contributed by atoms with van der Waals surface area (Å²) in [4.78, 5) is 4.13. The minimum atomic E-state index is 0.0943. The molecule has 0 bridgehead atoms. The van der Waals surface area contributed by atoms with Gasteiger partial charge in [0.25, 0.3) is 0 Å². The Balaban J connectivity index is 2.78. The Kier molecular flexibility index (Phi) is 4.68. The van der Waals surface area contributed by atoms with Gasteiger partial charge in [0.1, 0.15) is 5.02 Å². The van der Waals surface area contributed by atoms with Gasteiger partial charge in [0.05, 0.1) is 6.10 Å². The first kappa shape index (κ1) is 12.6. The van der Waals surface area contributed by atoms with Crippen molar-refractivity contribution in [2.24, 2.45) is 5.92 Å². The third-order valence-corrected chi connectivity index (χ3v) is 2.83. The number of nitrogens with zero attached hydrogens (tertiary/aromatic N) is 1. The van der Waals surface area contributed by atoms with Crippen molar-refractivity contribution >= 4 is 23.2 Å². The Bertz CT molecular complexity index is 328. The van der Waals surface area contributed by atoms with E-state index in [9.17, 15) is 0 Å². The normalized spacial score (nSPS) is 12.9. The minimum absolute atomic E-state index is 0.0943. The first-order valence-electron chi connectivity index (χ1n) is 4.91. The van der Waals surface area contributed by atoms with Crippen molar-refractivity contribution in [1.82, 2.24) is 4.98 Å². The molecule has 15 heavy (non-hydrogen) atoms. The van der Waals surface area contributed by atoms with Crippen molar-refractivity contribution in [3.8, 4) is 5.88 Å². The van der Waals surface area contributed by atoms with Gasteiger partial charge >= 0.3 is 0 Å². The maximum Gasteiger partial charge on any atom is 0.232 e. The van der Waals surface area contributed by atoms with Crippen LogP contribution in [0.2, 0.25) is 5.02 Å². The second-order valence-electron chi connectivity index (χ2n) is 3.83. The molecule has 1 atom stereocenters. The number of halogens is 2. The molecule has 0 spiro atoms. The van der Waals surface area contributed by atoms with Crippen molar-refractivity contribution in [2.75, 3.05) is 0 Å². The van der Waals surface area contributed by atoms with Crippen LogP contribution in [0.4, 0.5) is 0 Å². The van der Waals surface area contributed by atoms with E-state index in [1.807, 2.05) is 6.92 Å². The Morgan fingerprint density at radius 1 is 1.40 bits per heavy atom. The molecular formula is C11H15Cl2NO. The number of pyridine rings is 1. The summed E-state index contributed by atoms with van der Waals surface area (Å²) in [5.74, 6) is 1.31. The highest BCUT2D eigenvalue weighted by Crippen LogP contribution is 2.25. The standard InChI is InChI=1S/C11H15Cl2NO/c1-7(2)8(3)15-11-10(13)4-9(5-12)6-14-11/h4,6-8H,5H2,1-3H3. The molecule has 0 aliphatic rings. The number of hydrogen-bond donors (Lipinski definition) is 0. The summed E-state index contributed by atoms with van der Waals surface area (Å²) >= 11 is 11.7. The van der Waals surface area contributed by atoms with E-state index in [-0.39, 0.29) is 6.10 Å². The average Bonchev–Trinajstić information content (AvgIpc) is 2.20. The lowest BCUT2D eigenvalue weighted by atomic mass is 10.1. The van der Waals surface area contributed by atoms with E-state index in [2.05, 4.69) is 18.8 Å².